The van der Waals surface area contributed by atoms with Crippen LogP contribution in [0, 0.1) is 11.8 Å². The SMILES string of the molecule is CC(C)(C)OC(=O)C1CCN(C(=O)CN2Cc3cccc(n3)CN(CC(=O)N3CCC(C(=O)OC(C)(C)C)CC3)Cc3cccc(n3)C2)CC1. The maximum Gasteiger partial charge on any atom is 0.309 e. The van der Waals surface area contributed by atoms with Gasteiger partial charge in [-0.3, -0.25) is 38.9 Å². The predicted octanol–water partition coefficient (Wildman–Crippen LogP) is 3.96. The number of hydrogen-bond donors (Lipinski definition) is 0. The first-order valence-electron chi connectivity index (χ1n) is 18.0. The first-order valence-corrected chi connectivity index (χ1v) is 18.0. The molecule has 12 nitrogen and oxygen atoms in total. The number of nitrogens with zero attached hydrogens (tertiary/aromatic N) is 6. The van der Waals surface area contributed by atoms with Gasteiger partial charge in [-0.2, -0.15) is 0 Å². The molecule has 2 aromatic heterocycles. The van der Waals surface area contributed by atoms with Crippen molar-refractivity contribution in [2.24, 2.45) is 11.8 Å². The van der Waals surface area contributed by atoms with Crippen molar-refractivity contribution >= 4 is 23.8 Å². The summed E-state index contributed by atoms with van der Waals surface area (Å²) < 4.78 is 11.2. The maximum atomic E-state index is 13.5. The van der Waals surface area contributed by atoms with Gasteiger partial charge in [0.15, 0.2) is 0 Å². The second kappa shape index (κ2) is 16.0. The molecule has 0 radical (unpaired) electrons. The summed E-state index contributed by atoms with van der Waals surface area (Å²) in [5, 5.41) is 0. The number of pyridine rings is 2. The Morgan fingerprint density at radius 2 is 0.880 bits per heavy atom. The zero-order valence-electron chi connectivity index (χ0n) is 30.7. The van der Waals surface area contributed by atoms with Crippen LogP contribution in [0.3, 0.4) is 0 Å². The Morgan fingerprint density at radius 1 is 0.580 bits per heavy atom. The highest BCUT2D eigenvalue weighted by Crippen LogP contribution is 2.24. The summed E-state index contributed by atoms with van der Waals surface area (Å²) in [6, 6.07) is 11.8. The van der Waals surface area contributed by atoms with Crippen molar-refractivity contribution < 1.29 is 28.7 Å². The Bertz CT molecular complexity index is 1360. The van der Waals surface area contributed by atoms with Gasteiger partial charge in [-0.1, -0.05) is 12.1 Å². The molecule has 4 bridgehead atoms. The number of hydrogen-bond acceptors (Lipinski definition) is 10. The zero-order chi connectivity index (χ0) is 36.1. The molecule has 3 aliphatic heterocycles. The van der Waals surface area contributed by atoms with Crippen LogP contribution in [0.2, 0.25) is 0 Å². The van der Waals surface area contributed by atoms with Crippen molar-refractivity contribution in [2.75, 3.05) is 39.3 Å². The minimum atomic E-state index is -0.527. The third kappa shape index (κ3) is 11.1. The van der Waals surface area contributed by atoms with Crippen LogP contribution in [0.15, 0.2) is 36.4 Å². The monoisotopic (exact) mass is 690 g/mol. The van der Waals surface area contributed by atoms with Gasteiger partial charge >= 0.3 is 11.9 Å². The molecule has 0 atom stereocenters. The van der Waals surface area contributed by atoms with Crippen molar-refractivity contribution in [2.45, 2.75) is 105 Å². The molecular formula is C38H54N6O6. The largest absolute Gasteiger partial charge is 0.460 e. The Balaban J connectivity index is 1.21. The van der Waals surface area contributed by atoms with Gasteiger partial charge < -0.3 is 19.3 Å². The van der Waals surface area contributed by atoms with E-state index in [1.165, 1.54) is 0 Å². The van der Waals surface area contributed by atoms with E-state index in [1.54, 1.807) is 0 Å². The minimum absolute atomic E-state index is 0.0202. The third-order valence-corrected chi connectivity index (χ3v) is 9.16. The van der Waals surface area contributed by atoms with Gasteiger partial charge in [-0.05, 0) is 91.5 Å². The molecule has 0 unspecified atom stereocenters. The molecule has 0 aliphatic carbocycles. The van der Waals surface area contributed by atoms with Crippen molar-refractivity contribution in [1.29, 1.82) is 0 Å². The molecule has 2 saturated heterocycles. The molecule has 2 amide bonds. The number of aromatic nitrogens is 2. The summed E-state index contributed by atoms with van der Waals surface area (Å²) in [6.07, 6.45) is 2.38. The van der Waals surface area contributed by atoms with E-state index in [0.717, 1.165) is 22.8 Å². The Hall–Kier alpha value is -3.90. The molecule has 0 aromatic carbocycles. The minimum Gasteiger partial charge on any atom is -0.460 e. The second-order valence-corrected chi connectivity index (χ2v) is 15.9. The predicted molar refractivity (Wildman–Crippen MR) is 187 cm³/mol. The van der Waals surface area contributed by atoms with E-state index in [4.69, 9.17) is 19.4 Å². The van der Waals surface area contributed by atoms with Crippen LogP contribution in [0.4, 0.5) is 0 Å². The number of amides is 2. The van der Waals surface area contributed by atoms with Crippen LogP contribution in [-0.2, 0) is 54.8 Å². The smallest absolute Gasteiger partial charge is 0.309 e. The highest BCUT2D eigenvalue weighted by atomic mass is 16.6. The average molecular weight is 691 g/mol. The molecule has 0 spiro atoms. The van der Waals surface area contributed by atoms with Gasteiger partial charge in [0.25, 0.3) is 0 Å². The summed E-state index contributed by atoms with van der Waals surface area (Å²) in [5.74, 6) is -0.714. The number of fused-ring (bicyclic) bond motifs is 4. The first-order chi connectivity index (χ1) is 23.6. The summed E-state index contributed by atoms with van der Waals surface area (Å²) >= 11 is 0. The summed E-state index contributed by atoms with van der Waals surface area (Å²) in [4.78, 5) is 70.0. The van der Waals surface area contributed by atoms with E-state index < -0.39 is 11.2 Å². The van der Waals surface area contributed by atoms with Gasteiger partial charge in [0.2, 0.25) is 11.8 Å². The van der Waals surface area contributed by atoms with E-state index >= 15 is 0 Å². The fourth-order valence-corrected chi connectivity index (χ4v) is 6.74. The highest BCUT2D eigenvalue weighted by Gasteiger charge is 2.33. The van der Waals surface area contributed by atoms with Crippen LogP contribution >= 0.6 is 0 Å². The van der Waals surface area contributed by atoms with E-state index in [2.05, 4.69) is 9.80 Å². The van der Waals surface area contributed by atoms with Gasteiger partial charge in [0.1, 0.15) is 11.2 Å². The van der Waals surface area contributed by atoms with Crippen molar-refractivity contribution in [3.05, 3.63) is 59.2 Å². The molecular weight excluding hydrogens is 636 g/mol. The van der Waals surface area contributed by atoms with Crippen LogP contribution in [-0.4, -0.2) is 104 Å². The number of likely N-dealkylation sites (tertiary alicyclic amines) is 2. The topological polar surface area (TPSA) is 125 Å². The molecule has 2 fully saturated rings. The van der Waals surface area contributed by atoms with Crippen LogP contribution in [0.25, 0.3) is 0 Å². The fourth-order valence-electron chi connectivity index (χ4n) is 6.74. The van der Waals surface area contributed by atoms with E-state index in [0.29, 0.717) is 78.0 Å². The zero-order valence-corrected chi connectivity index (χ0v) is 30.7. The molecule has 2 aromatic rings. The number of esters is 2. The van der Waals surface area contributed by atoms with Gasteiger partial charge in [-0.15, -0.1) is 0 Å². The molecule has 0 N–H and O–H groups in total. The Labute approximate surface area is 296 Å². The van der Waals surface area contributed by atoms with Crippen LogP contribution in [0.1, 0.15) is 90.0 Å². The Morgan fingerprint density at radius 3 is 1.16 bits per heavy atom. The molecule has 12 heteroatoms. The summed E-state index contributed by atoms with van der Waals surface area (Å²) in [5.41, 5.74) is 2.30. The fraction of sp³-hybridized carbons (Fsp3) is 0.632. The maximum absolute atomic E-state index is 13.5. The molecule has 50 heavy (non-hydrogen) atoms. The summed E-state index contributed by atoms with van der Waals surface area (Å²) in [6.45, 7) is 15.6. The molecule has 5 rings (SSSR count). The van der Waals surface area contributed by atoms with Crippen LogP contribution < -0.4 is 0 Å². The van der Waals surface area contributed by atoms with Gasteiger partial charge in [0.05, 0.1) is 47.7 Å². The lowest BCUT2D eigenvalue weighted by atomic mass is 9.96. The lowest BCUT2D eigenvalue weighted by Gasteiger charge is -2.34. The lowest BCUT2D eigenvalue weighted by Crippen LogP contribution is -2.46. The average Bonchev–Trinajstić information content (AvgIpc) is 3.03. The molecule has 272 valence electrons. The second-order valence-electron chi connectivity index (χ2n) is 15.9. The van der Waals surface area contributed by atoms with E-state index in [-0.39, 0.29) is 48.7 Å². The number of carbonyl (C=O) groups is 4. The molecule has 3 aliphatic rings. The number of carbonyl (C=O) groups excluding carboxylic acids is 4. The molecule has 0 saturated carbocycles. The van der Waals surface area contributed by atoms with E-state index in [1.807, 2.05) is 87.7 Å². The van der Waals surface area contributed by atoms with E-state index in [9.17, 15) is 19.2 Å². The van der Waals surface area contributed by atoms with Crippen molar-refractivity contribution in [3.63, 3.8) is 0 Å². The lowest BCUT2D eigenvalue weighted by molar-refractivity contribution is -0.163. The number of piperidine rings is 2. The van der Waals surface area contributed by atoms with Crippen molar-refractivity contribution in [1.82, 2.24) is 29.6 Å². The normalized spacial score (nSPS) is 18.9. The summed E-state index contributed by atoms with van der Waals surface area (Å²) in [7, 11) is 0. The molecule has 5 heterocycles. The van der Waals surface area contributed by atoms with Crippen molar-refractivity contribution in [3.8, 4) is 0 Å². The quantitative estimate of drug-likeness (QED) is 0.412. The highest BCUT2D eigenvalue weighted by molar-refractivity contribution is 5.80. The standard InChI is InChI=1S/C38H54N6O6/c1-37(2,3)49-35(47)27-13-17-43(18-14-27)33(45)25-41-21-29-9-7-11-31(39-29)23-42(24-32-12-8-10-30(22-41)40-32)26-34(46)44-19-15-28(16-20-44)36(48)50-38(4,5)6/h7-12,27-28H,13-26H2,1-6H3. The van der Waals surface area contributed by atoms with Crippen LogP contribution in [0.5, 0.6) is 0 Å². The first kappa shape index (κ1) is 37.4. The number of rotatable bonds is 6. The Kier molecular flexibility index (Phi) is 11.9. The van der Waals surface area contributed by atoms with Gasteiger partial charge in [-0.25, -0.2) is 0 Å². The van der Waals surface area contributed by atoms with Gasteiger partial charge in [0, 0.05) is 52.4 Å². The third-order valence-electron chi connectivity index (χ3n) is 9.16. The number of ether oxygens (including phenoxy) is 2.